The monoisotopic (exact) mass is 243 g/mol. The molecule has 0 aliphatic carbocycles. The fourth-order valence-electron chi connectivity index (χ4n) is 2.57. The number of rotatable bonds is 0. The highest BCUT2D eigenvalue weighted by Gasteiger charge is 2.41. The van der Waals surface area contributed by atoms with E-state index in [0.717, 1.165) is 37.9 Å². The van der Waals surface area contributed by atoms with Crippen LogP contribution in [0, 0.1) is 5.82 Å². The maximum atomic E-state index is 13.5. The molecule has 1 aromatic rings. The number of benzene rings is 1. The minimum atomic E-state index is -0.220. The predicted octanol–water partition coefficient (Wildman–Crippen LogP) is 2.30. The first-order chi connectivity index (χ1) is 7.29. The maximum Gasteiger partial charge on any atom is 0.165 e. The van der Waals surface area contributed by atoms with Crippen LogP contribution in [0.1, 0.15) is 18.4 Å². The normalized spacial score (nSPS) is 21.1. The van der Waals surface area contributed by atoms with E-state index in [2.05, 4.69) is 5.32 Å². The molecule has 1 aromatic carbocycles. The summed E-state index contributed by atoms with van der Waals surface area (Å²) in [6, 6.07) is 5.20. The molecule has 1 N–H and O–H groups in total. The maximum absolute atomic E-state index is 13.5. The Morgan fingerprint density at radius 3 is 2.69 bits per heavy atom. The van der Waals surface area contributed by atoms with Crippen LogP contribution in [-0.4, -0.2) is 18.7 Å². The summed E-state index contributed by atoms with van der Waals surface area (Å²) < 4.78 is 19.3. The Bertz CT molecular complexity index is 391. The van der Waals surface area contributed by atoms with Crippen molar-refractivity contribution in [3.8, 4) is 5.75 Å². The van der Waals surface area contributed by atoms with E-state index in [1.807, 2.05) is 6.07 Å². The molecule has 0 saturated carbocycles. The van der Waals surface area contributed by atoms with Crippen LogP contribution in [0.25, 0.3) is 0 Å². The van der Waals surface area contributed by atoms with Gasteiger partial charge in [0.25, 0.3) is 0 Å². The van der Waals surface area contributed by atoms with Crippen molar-refractivity contribution >= 4 is 12.4 Å². The largest absolute Gasteiger partial charge is 0.483 e. The van der Waals surface area contributed by atoms with Gasteiger partial charge in [-0.05, 0) is 32.0 Å². The first kappa shape index (κ1) is 11.7. The van der Waals surface area contributed by atoms with Crippen LogP contribution in [0.2, 0.25) is 0 Å². The molecule has 88 valence electrons. The number of ether oxygens (including phenoxy) is 1. The summed E-state index contributed by atoms with van der Waals surface area (Å²) in [5.41, 5.74) is 0.896. The second-order valence-electron chi connectivity index (χ2n) is 4.44. The summed E-state index contributed by atoms with van der Waals surface area (Å²) in [5.74, 6) is 0.266. The topological polar surface area (TPSA) is 21.3 Å². The van der Waals surface area contributed by atoms with Gasteiger partial charge in [-0.1, -0.05) is 12.1 Å². The van der Waals surface area contributed by atoms with E-state index < -0.39 is 0 Å². The van der Waals surface area contributed by atoms with Crippen molar-refractivity contribution < 1.29 is 9.13 Å². The third kappa shape index (κ3) is 1.78. The van der Waals surface area contributed by atoms with E-state index in [4.69, 9.17) is 4.74 Å². The molecule has 2 nitrogen and oxygen atoms in total. The molecule has 0 amide bonds. The number of hydrogen-bond donors (Lipinski definition) is 1. The molecule has 3 rings (SSSR count). The number of hydrogen-bond acceptors (Lipinski definition) is 2. The zero-order valence-electron chi connectivity index (χ0n) is 8.96. The highest BCUT2D eigenvalue weighted by atomic mass is 35.5. The van der Waals surface area contributed by atoms with Gasteiger partial charge in [-0.3, -0.25) is 0 Å². The van der Waals surface area contributed by atoms with Gasteiger partial charge in [0.05, 0.1) is 0 Å². The lowest BCUT2D eigenvalue weighted by Gasteiger charge is -2.33. The highest BCUT2D eigenvalue weighted by Crippen LogP contribution is 2.41. The first-order valence-electron chi connectivity index (χ1n) is 5.46. The molecule has 0 bridgehead atoms. The van der Waals surface area contributed by atoms with E-state index in [0.29, 0.717) is 5.75 Å². The highest BCUT2D eigenvalue weighted by molar-refractivity contribution is 5.85. The Kier molecular flexibility index (Phi) is 3.08. The lowest BCUT2D eigenvalue weighted by molar-refractivity contribution is 0.0567. The van der Waals surface area contributed by atoms with E-state index in [1.165, 1.54) is 6.07 Å². The summed E-state index contributed by atoms with van der Waals surface area (Å²) in [6.07, 6.45) is 2.81. The van der Waals surface area contributed by atoms with Crippen molar-refractivity contribution in [1.82, 2.24) is 5.32 Å². The third-order valence-corrected chi connectivity index (χ3v) is 3.39. The van der Waals surface area contributed by atoms with Crippen molar-refractivity contribution in [3.05, 3.63) is 29.6 Å². The van der Waals surface area contributed by atoms with Crippen LogP contribution in [0.3, 0.4) is 0 Å². The molecule has 16 heavy (non-hydrogen) atoms. The summed E-state index contributed by atoms with van der Waals surface area (Å²) in [4.78, 5) is 0. The SMILES string of the molecule is Cl.Fc1cccc2c1OC1(CCNCC1)C2. The lowest BCUT2D eigenvalue weighted by atomic mass is 9.88. The van der Waals surface area contributed by atoms with Gasteiger partial charge in [-0.25, -0.2) is 4.39 Å². The van der Waals surface area contributed by atoms with Crippen molar-refractivity contribution in [2.24, 2.45) is 0 Å². The Morgan fingerprint density at radius 2 is 2.00 bits per heavy atom. The number of para-hydroxylation sites is 1. The summed E-state index contributed by atoms with van der Waals surface area (Å²) >= 11 is 0. The molecule has 4 heteroatoms. The van der Waals surface area contributed by atoms with Gasteiger partial charge in [-0.15, -0.1) is 12.4 Å². The van der Waals surface area contributed by atoms with Gasteiger partial charge in [0.1, 0.15) is 5.60 Å². The molecule has 1 spiro atoms. The minimum Gasteiger partial charge on any atom is -0.483 e. The Balaban J connectivity index is 0.000000963. The average molecular weight is 244 g/mol. The second-order valence-corrected chi connectivity index (χ2v) is 4.44. The standard InChI is InChI=1S/C12H14FNO.ClH/c13-10-3-1-2-9-8-12(15-11(9)10)4-6-14-7-5-12;/h1-3,14H,4-8H2;1H. The van der Waals surface area contributed by atoms with Gasteiger partial charge in [0.2, 0.25) is 0 Å². The minimum absolute atomic E-state index is 0. The van der Waals surface area contributed by atoms with Crippen LogP contribution >= 0.6 is 12.4 Å². The van der Waals surface area contributed by atoms with Gasteiger partial charge in [0.15, 0.2) is 11.6 Å². The van der Waals surface area contributed by atoms with Gasteiger partial charge >= 0.3 is 0 Å². The van der Waals surface area contributed by atoms with Gasteiger partial charge in [0, 0.05) is 12.0 Å². The van der Waals surface area contributed by atoms with Crippen molar-refractivity contribution in [1.29, 1.82) is 0 Å². The zero-order chi connectivity index (χ0) is 10.3. The Labute approximate surface area is 101 Å². The average Bonchev–Trinajstić information content (AvgIpc) is 2.59. The molecule has 2 heterocycles. The lowest BCUT2D eigenvalue weighted by Crippen LogP contribution is -2.45. The number of halogens is 2. The third-order valence-electron chi connectivity index (χ3n) is 3.39. The van der Waals surface area contributed by atoms with E-state index in [1.54, 1.807) is 6.07 Å². The predicted molar refractivity (Wildman–Crippen MR) is 62.8 cm³/mol. The Hall–Kier alpha value is -0.800. The second kappa shape index (κ2) is 4.22. The van der Waals surface area contributed by atoms with Crippen molar-refractivity contribution in [2.45, 2.75) is 24.9 Å². The van der Waals surface area contributed by atoms with Crippen LogP contribution in [0.4, 0.5) is 4.39 Å². The molecule has 2 aliphatic rings. The number of piperidine rings is 1. The molecule has 1 fully saturated rings. The smallest absolute Gasteiger partial charge is 0.165 e. The summed E-state index contributed by atoms with van der Waals surface area (Å²) in [5, 5.41) is 3.30. The molecular weight excluding hydrogens is 229 g/mol. The molecule has 0 radical (unpaired) electrons. The molecular formula is C12H15ClFNO. The van der Waals surface area contributed by atoms with Gasteiger partial charge in [-0.2, -0.15) is 0 Å². The molecule has 1 saturated heterocycles. The fourth-order valence-corrected chi connectivity index (χ4v) is 2.57. The molecule has 0 aromatic heterocycles. The van der Waals surface area contributed by atoms with Crippen LogP contribution in [0.15, 0.2) is 18.2 Å². The fraction of sp³-hybridized carbons (Fsp3) is 0.500. The molecule has 0 atom stereocenters. The summed E-state index contributed by atoms with van der Waals surface area (Å²) in [6.45, 7) is 1.94. The Morgan fingerprint density at radius 1 is 1.25 bits per heavy atom. The van der Waals surface area contributed by atoms with Crippen LogP contribution < -0.4 is 10.1 Å². The van der Waals surface area contributed by atoms with Crippen molar-refractivity contribution in [3.63, 3.8) is 0 Å². The van der Waals surface area contributed by atoms with E-state index in [9.17, 15) is 4.39 Å². The van der Waals surface area contributed by atoms with E-state index in [-0.39, 0.29) is 23.8 Å². The van der Waals surface area contributed by atoms with Crippen LogP contribution in [0.5, 0.6) is 5.75 Å². The van der Waals surface area contributed by atoms with Crippen molar-refractivity contribution in [2.75, 3.05) is 13.1 Å². The quantitative estimate of drug-likeness (QED) is 0.755. The van der Waals surface area contributed by atoms with Crippen LogP contribution in [-0.2, 0) is 6.42 Å². The van der Waals surface area contributed by atoms with E-state index >= 15 is 0 Å². The summed E-state index contributed by atoms with van der Waals surface area (Å²) in [7, 11) is 0. The number of nitrogens with one attached hydrogen (secondary N) is 1. The zero-order valence-corrected chi connectivity index (χ0v) is 9.78. The molecule has 0 unspecified atom stereocenters. The van der Waals surface area contributed by atoms with Gasteiger partial charge < -0.3 is 10.1 Å². The molecule has 2 aliphatic heterocycles. The number of fused-ring (bicyclic) bond motifs is 1. The first-order valence-corrected chi connectivity index (χ1v) is 5.46.